The molecule has 1 aromatic carbocycles. The predicted octanol–water partition coefficient (Wildman–Crippen LogP) is 2.44. The van der Waals surface area contributed by atoms with E-state index in [-0.39, 0.29) is 17.5 Å². The van der Waals surface area contributed by atoms with Crippen LogP contribution in [0.25, 0.3) is 0 Å². The molecule has 0 spiro atoms. The van der Waals surface area contributed by atoms with Crippen LogP contribution in [-0.4, -0.2) is 17.4 Å². The van der Waals surface area contributed by atoms with Gasteiger partial charge in [0.2, 0.25) is 5.91 Å². The smallest absolute Gasteiger partial charge is 0.274 e. The minimum Gasteiger partial charge on any atom is -0.312 e. The van der Waals surface area contributed by atoms with Crippen molar-refractivity contribution in [3.8, 4) is 0 Å². The Bertz CT molecular complexity index is 525. The van der Waals surface area contributed by atoms with Gasteiger partial charge >= 0.3 is 0 Å². The molecule has 1 aliphatic heterocycles. The Morgan fingerprint density at radius 1 is 1.56 bits per heavy atom. The van der Waals surface area contributed by atoms with Crippen LogP contribution in [0.1, 0.15) is 12.0 Å². The van der Waals surface area contributed by atoms with Crippen molar-refractivity contribution in [2.45, 2.75) is 13.3 Å². The number of anilines is 1. The maximum Gasteiger partial charge on any atom is 0.274 e. The first-order chi connectivity index (χ1) is 8.52. The number of aryl methyl sites for hydroxylation is 1. The number of carbonyl (C=O) groups is 1. The normalized spacial score (nSPS) is 19.1. The topological polar surface area (TPSA) is 63.5 Å². The van der Waals surface area contributed by atoms with Crippen LogP contribution in [0.15, 0.2) is 30.9 Å². The van der Waals surface area contributed by atoms with E-state index in [1.54, 1.807) is 30.0 Å². The van der Waals surface area contributed by atoms with Crippen molar-refractivity contribution >= 4 is 17.3 Å². The molecule has 2 rings (SSSR count). The molecule has 1 aromatic rings. The minimum absolute atomic E-state index is 0.0157. The number of carbonyl (C=O) groups excluding carboxylic acids is 1. The van der Waals surface area contributed by atoms with Gasteiger partial charge in [0.25, 0.3) is 5.69 Å². The monoisotopic (exact) mass is 246 g/mol. The summed E-state index contributed by atoms with van der Waals surface area (Å²) in [6.07, 6.45) is 2.17. The molecule has 1 aliphatic rings. The Morgan fingerprint density at radius 2 is 2.28 bits per heavy atom. The number of hydrogen-bond acceptors (Lipinski definition) is 3. The molecule has 1 unspecified atom stereocenters. The van der Waals surface area contributed by atoms with Crippen molar-refractivity contribution in [2.75, 3.05) is 11.4 Å². The number of nitro benzene ring substituents is 1. The van der Waals surface area contributed by atoms with Crippen molar-refractivity contribution in [2.24, 2.45) is 5.92 Å². The van der Waals surface area contributed by atoms with E-state index in [9.17, 15) is 14.9 Å². The van der Waals surface area contributed by atoms with Crippen LogP contribution < -0.4 is 4.90 Å². The van der Waals surface area contributed by atoms with Crippen molar-refractivity contribution < 1.29 is 9.72 Å². The minimum atomic E-state index is -0.426. The molecule has 0 aromatic heterocycles. The Balaban J connectivity index is 2.35. The highest BCUT2D eigenvalue weighted by molar-refractivity contribution is 5.96. The van der Waals surface area contributed by atoms with Crippen molar-refractivity contribution in [1.82, 2.24) is 0 Å². The zero-order valence-electron chi connectivity index (χ0n) is 10.1. The molecule has 94 valence electrons. The number of amides is 1. The quantitative estimate of drug-likeness (QED) is 0.467. The van der Waals surface area contributed by atoms with Gasteiger partial charge < -0.3 is 4.90 Å². The summed E-state index contributed by atoms with van der Waals surface area (Å²) in [4.78, 5) is 23.9. The summed E-state index contributed by atoms with van der Waals surface area (Å²) in [5, 5.41) is 10.9. The van der Waals surface area contributed by atoms with E-state index >= 15 is 0 Å². The number of benzene rings is 1. The van der Waals surface area contributed by atoms with E-state index in [1.807, 2.05) is 0 Å². The summed E-state index contributed by atoms with van der Waals surface area (Å²) in [5.41, 5.74) is 1.22. The van der Waals surface area contributed by atoms with Crippen molar-refractivity contribution in [3.05, 3.63) is 46.5 Å². The molecule has 0 saturated carbocycles. The zero-order valence-corrected chi connectivity index (χ0v) is 10.1. The molecule has 1 saturated heterocycles. The van der Waals surface area contributed by atoms with Crippen LogP contribution in [-0.2, 0) is 4.79 Å². The Hall–Kier alpha value is -2.17. The van der Waals surface area contributed by atoms with Crippen molar-refractivity contribution in [1.29, 1.82) is 0 Å². The number of nitrogens with zero attached hydrogens (tertiary/aromatic N) is 2. The lowest BCUT2D eigenvalue weighted by atomic mass is 10.1. The Kier molecular flexibility index (Phi) is 3.14. The van der Waals surface area contributed by atoms with Gasteiger partial charge in [0.1, 0.15) is 0 Å². The Labute approximate surface area is 105 Å². The molecule has 1 amide bonds. The van der Waals surface area contributed by atoms with Crippen LogP contribution in [0.2, 0.25) is 0 Å². The second kappa shape index (κ2) is 4.60. The zero-order chi connectivity index (χ0) is 13.3. The first kappa shape index (κ1) is 12.3. The fourth-order valence-corrected chi connectivity index (χ4v) is 2.11. The number of nitro groups is 1. The van der Waals surface area contributed by atoms with E-state index in [0.29, 0.717) is 24.2 Å². The van der Waals surface area contributed by atoms with Gasteiger partial charge in [-0.25, -0.2) is 0 Å². The highest BCUT2D eigenvalue weighted by atomic mass is 16.6. The highest BCUT2D eigenvalue weighted by Gasteiger charge is 2.29. The summed E-state index contributed by atoms with van der Waals surface area (Å²) in [5.74, 6) is 0.107. The second-order valence-electron chi connectivity index (χ2n) is 4.43. The molecular weight excluding hydrogens is 232 g/mol. The summed E-state index contributed by atoms with van der Waals surface area (Å²) in [7, 11) is 0. The average molecular weight is 246 g/mol. The van der Waals surface area contributed by atoms with Crippen LogP contribution in [0.5, 0.6) is 0 Å². The molecule has 0 N–H and O–H groups in total. The van der Waals surface area contributed by atoms with Gasteiger partial charge in [0, 0.05) is 30.5 Å². The highest BCUT2D eigenvalue weighted by Crippen LogP contribution is 2.29. The number of hydrogen-bond donors (Lipinski definition) is 0. The van der Waals surface area contributed by atoms with Gasteiger partial charge in [-0.1, -0.05) is 12.1 Å². The SMILES string of the molecule is C=CC1CC(=O)N(c2ccc(C)c([N+](=O)[O-])c2)C1. The average Bonchev–Trinajstić information content (AvgIpc) is 2.71. The van der Waals surface area contributed by atoms with E-state index in [0.717, 1.165) is 0 Å². The largest absolute Gasteiger partial charge is 0.312 e. The van der Waals surface area contributed by atoms with Crippen LogP contribution in [0.3, 0.4) is 0 Å². The van der Waals surface area contributed by atoms with Crippen LogP contribution >= 0.6 is 0 Å². The molecule has 5 nitrogen and oxygen atoms in total. The lowest BCUT2D eigenvalue weighted by Gasteiger charge is -2.16. The summed E-state index contributed by atoms with van der Waals surface area (Å²) < 4.78 is 0. The maximum absolute atomic E-state index is 11.8. The van der Waals surface area contributed by atoms with Gasteiger partial charge in [-0.05, 0) is 13.0 Å². The number of rotatable bonds is 3. The summed E-state index contributed by atoms with van der Waals surface area (Å²) in [6.45, 7) is 5.90. The van der Waals surface area contributed by atoms with E-state index in [2.05, 4.69) is 6.58 Å². The van der Waals surface area contributed by atoms with Gasteiger partial charge in [-0.3, -0.25) is 14.9 Å². The van der Waals surface area contributed by atoms with E-state index < -0.39 is 4.92 Å². The third kappa shape index (κ3) is 2.11. The summed E-state index contributed by atoms with van der Waals surface area (Å²) in [6, 6.07) is 4.87. The predicted molar refractivity (Wildman–Crippen MR) is 68.5 cm³/mol. The molecule has 1 fully saturated rings. The van der Waals surface area contributed by atoms with E-state index in [1.165, 1.54) is 6.07 Å². The first-order valence-corrected chi connectivity index (χ1v) is 5.71. The molecule has 0 bridgehead atoms. The fraction of sp³-hybridized carbons (Fsp3) is 0.308. The molecule has 0 radical (unpaired) electrons. The Morgan fingerprint density at radius 3 is 2.83 bits per heavy atom. The lowest BCUT2D eigenvalue weighted by molar-refractivity contribution is -0.385. The van der Waals surface area contributed by atoms with E-state index in [4.69, 9.17) is 0 Å². The molecule has 1 atom stereocenters. The standard InChI is InChI=1S/C13H14N2O3/c1-3-10-6-13(16)14(8-10)11-5-4-9(2)12(7-11)15(17)18/h3-5,7,10H,1,6,8H2,2H3. The van der Waals surface area contributed by atoms with Gasteiger partial charge in [-0.2, -0.15) is 0 Å². The van der Waals surface area contributed by atoms with Crippen LogP contribution in [0.4, 0.5) is 11.4 Å². The molecule has 18 heavy (non-hydrogen) atoms. The molecule has 1 heterocycles. The maximum atomic E-state index is 11.8. The molecule has 5 heteroatoms. The summed E-state index contributed by atoms with van der Waals surface area (Å²) >= 11 is 0. The molecule has 0 aliphatic carbocycles. The van der Waals surface area contributed by atoms with Gasteiger partial charge in [0.15, 0.2) is 0 Å². The van der Waals surface area contributed by atoms with Gasteiger partial charge in [-0.15, -0.1) is 6.58 Å². The fourth-order valence-electron chi connectivity index (χ4n) is 2.11. The molecular formula is C13H14N2O3. The third-order valence-corrected chi connectivity index (χ3v) is 3.19. The van der Waals surface area contributed by atoms with Crippen LogP contribution in [0, 0.1) is 23.0 Å². The first-order valence-electron chi connectivity index (χ1n) is 5.71. The third-order valence-electron chi connectivity index (χ3n) is 3.19. The lowest BCUT2D eigenvalue weighted by Crippen LogP contribution is -2.24. The second-order valence-corrected chi connectivity index (χ2v) is 4.43. The van der Waals surface area contributed by atoms with Crippen molar-refractivity contribution in [3.63, 3.8) is 0 Å². The van der Waals surface area contributed by atoms with Gasteiger partial charge in [0.05, 0.1) is 10.6 Å².